The highest BCUT2D eigenvalue weighted by molar-refractivity contribution is 8.02. The van der Waals surface area contributed by atoms with Crippen molar-refractivity contribution in [3.05, 3.63) is 81.1 Å². The molecular formula is C19H19Cl2N3O2S2. The number of aryl methyl sites for hydroxylation is 2. The lowest BCUT2D eigenvalue weighted by molar-refractivity contribution is 0.589. The molecule has 1 aromatic carbocycles. The van der Waals surface area contributed by atoms with E-state index < -0.39 is 10.0 Å². The fourth-order valence-electron chi connectivity index (χ4n) is 2.17. The van der Waals surface area contributed by atoms with E-state index in [0.717, 1.165) is 16.3 Å². The number of rotatable bonds is 7. The summed E-state index contributed by atoms with van der Waals surface area (Å²) in [5.74, 6) is 0. The summed E-state index contributed by atoms with van der Waals surface area (Å²) in [7, 11) is -3.88. The molecule has 1 aromatic heterocycles. The van der Waals surface area contributed by atoms with Gasteiger partial charge in [-0.2, -0.15) is 0 Å². The second-order valence-electron chi connectivity index (χ2n) is 5.82. The third-order valence-electron chi connectivity index (χ3n) is 3.37. The summed E-state index contributed by atoms with van der Waals surface area (Å²) < 4.78 is 27.6. The molecule has 0 aliphatic rings. The Morgan fingerprint density at radius 3 is 2.36 bits per heavy atom. The number of allylic oxidation sites excluding steroid dienone is 4. The first-order valence-corrected chi connectivity index (χ1v) is 11.2. The summed E-state index contributed by atoms with van der Waals surface area (Å²) in [6.07, 6.45) is 4.77. The lowest BCUT2D eigenvalue weighted by atomic mass is 10.4. The molecule has 1 heterocycles. The molecule has 0 unspecified atom stereocenters. The highest BCUT2D eigenvalue weighted by atomic mass is 35.5. The second kappa shape index (κ2) is 9.60. The van der Waals surface area contributed by atoms with Crippen LogP contribution >= 0.6 is 35.0 Å². The Hall–Kier alpha value is -1.80. The number of thioether (sulfide) groups is 1. The lowest BCUT2D eigenvalue weighted by Crippen LogP contribution is -2.22. The summed E-state index contributed by atoms with van der Waals surface area (Å²) in [5.41, 5.74) is 2.07. The van der Waals surface area contributed by atoms with E-state index in [0.29, 0.717) is 15.9 Å². The van der Waals surface area contributed by atoms with E-state index in [1.807, 2.05) is 26.8 Å². The predicted molar refractivity (Wildman–Crippen MR) is 116 cm³/mol. The SMILES string of the molecule is C=C/C(=C\C=C(/C)Sc1nc(C)cc(C)n1)NS(=O)(=O)c1ccc(Cl)cc1Cl. The summed E-state index contributed by atoms with van der Waals surface area (Å²) >= 11 is 13.2. The average Bonchev–Trinajstić information content (AvgIpc) is 2.57. The van der Waals surface area contributed by atoms with Gasteiger partial charge in [-0.05, 0) is 62.1 Å². The van der Waals surface area contributed by atoms with Crippen LogP contribution in [0.4, 0.5) is 0 Å². The molecule has 28 heavy (non-hydrogen) atoms. The monoisotopic (exact) mass is 455 g/mol. The summed E-state index contributed by atoms with van der Waals surface area (Å²) in [4.78, 5) is 9.56. The summed E-state index contributed by atoms with van der Waals surface area (Å²) in [6.45, 7) is 9.35. The van der Waals surface area contributed by atoms with Crippen LogP contribution in [0.3, 0.4) is 0 Å². The van der Waals surface area contributed by atoms with E-state index in [-0.39, 0.29) is 9.92 Å². The van der Waals surface area contributed by atoms with Gasteiger partial charge in [0, 0.05) is 22.1 Å². The maximum atomic E-state index is 12.6. The van der Waals surface area contributed by atoms with E-state index in [1.54, 1.807) is 12.2 Å². The minimum absolute atomic E-state index is 0.0395. The van der Waals surface area contributed by atoms with E-state index >= 15 is 0 Å². The van der Waals surface area contributed by atoms with Crippen LogP contribution in [0.2, 0.25) is 10.0 Å². The minimum atomic E-state index is -3.88. The fourth-order valence-corrected chi connectivity index (χ4v) is 4.82. The van der Waals surface area contributed by atoms with Crippen molar-refractivity contribution in [2.45, 2.75) is 30.8 Å². The first kappa shape index (κ1) is 22.5. The first-order chi connectivity index (χ1) is 13.1. The van der Waals surface area contributed by atoms with Crippen molar-refractivity contribution in [2.75, 3.05) is 0 Å². The van der Waals surface area contributed by atoms with Crippen LogP contribution in [0.15, 0.2) is 69.7 Å². The maximum Gasteiger partial charge on any atom is 0.263 e. The standard InChI is InChI=1S/C19H19Cl2N3O2S2/c1-5-16(24-28(25,26)18-9-7-15(20)11-17(18)21)8-6-14(4)27-19-22-12(2)10-13(3)23-19/h5-11,24H,1H2,2-4H3/b14-6+,16-8+. The van der Waals surface area contributed by atoms with Gasteiger partial charge in [0.1, 0.15) is 4.90 Å². The van der Waals surface area contributed by atoms with Crippen LogP contribution in [-0.2, 0) is 10.0 Å². The van der Waals surface area contributed by atoms with Gasteiger partial charge in [0.15, 0.2) is 5.16 Å². The molecule has 0 saturated heterocycles. The zero-order valence-corrected chi connectivity index (χ0v) is 18.7. The smallest absolute Gasteiger partial charge is 0.263 e. The zero-order chi connectivity index (χ0) is 20.9. The largest absolute Gasteiger partial charge is 0.280 e. The Balaban J connectivity index is 2.20. The topological polar surface area (TPSA) is 72.0 Å². The zero-order valence-electron chi connectivity index (χ0n) is 15.5. The Labute approximate surface area is 179 Å². The Bertz CT molecular complexity index is 1040. The van der Waals surface area contributed by atoms with Gasteiger partial charge in [0.25, 0.3) is 10.0 Å². The van der Waals surface area contributed by atoms with Crippen LogP contribution < -0.4 is 4.72 Å². The van der Waals surface area contributed by atoms with Crippen molar-refractivity contribution >= 4 is 45.0 Å². The number of sulfonamides is 1. The summed E-state index contributed by atoms with van der Waals surface area (Å²) in [5, 5.41) is 1.03. The van der Waals surface area contributed by atoms with Crippen molar-refractivity contribution in [3.63, 3.8) is 0 Å². The molecule has 0 radical (unpaired) electrons. The molecule has 9 heteroatoms. The minimum Gasteiger partial charge on any atom is -0.280 e. The Morgan fingerprint density at radius 2 is 1.79 bits per heavy atom. The Morgan fingerprint density at radius 1 is 1.14 bits per heavy atom. The van der Waals surface area contributed by atoms with Gasteiger partial charge in [-0.15, -0.1) is 0 Å². The second-order valence-corrected chi connectivity index (χ2v) is 9.53. The molecule has 0 amide bonds. The molecule has 0 bridgehead atoms. The first-order valence-electron chi connectivity index (χ1n) is 8.10. The fraction of sp³-hybridized carbons (Fsp3) is 0.158. The molecule has 5 nitrogen and oxygen atoms in total. The number of halogens is 2. The number of nitrogens with one attached hydrogen (secondary N) is 1. The molecule has 2 rings (SSSR count). The number of benzene rings is 1. The van der Waals surface area contributed by atoms with Crippen molar-refractivity contribution < 1.29 is 8.42 Å². The summed E-state index contributed by atoms with van der Waals surface area (Å²) in [6, 6.07) is 6.08. The molecule has 0 atom stereocenters. The van der Waals surface area contributed by atoms with Gasteiger partial charge in [0.05, 0.1) is 5.02 Å². The van der Waals surface area contributed by atoms with E-state index in [1.165, 1.54) is 36.0 Å². The maximum absolute atomic E-state index is 12.6. The third kappa shape index (κ3) is 6.38. The molecule has 2 aromatic rings. The van der Waals surface area contributed by atoms with Crippen LogP contribution in [0.25, 0.3) is 0 Å². The highest BCUT2D eigenvalue weighted by Crippen LogP contribution is 2.26. The van der Waals surface area contributed by atoms with Gasteiger partial charge in [-0.25, -0.2) is 18.4 Å². The molecule has 148 valence electrons. The Kier molecular flexibility index (Phi) is 7.71. The quantitative estimate of drug-likeness (QED) is 0.341. The van der Waals surface area contributed by atoms with Crippen molar-refractivity contribution in [1.82, 2.24) is 14.7 Å². The molecule has 0 aliphatic carbocycles. The molecule has 0 spiro atoms. The van der Waals surface area contributed by atoms with Crippen molar-refractivity contribution in [3.8, 4) is 0 Å². The highest BCUT2D eigenvalue weighted by Gasteiger charge is 2.18. The molecular weight excluding hydrogens is 437 g/mol. The van der Waals surface area contributed by atoms with Gasteiger partial charge < -0.3 is 0 Å². The molecule has 1 N–H and O–H groups in total. The van der Waals surface area contributed by atoms with Gasteiger partial charge >= 0.3 is 0 Å². The van der Waals surface area contributed by atoms with Crippen molar-refractivity contribution in [2.24, 2.45) is 0 Å². The van der Waals surface area contributed by atoms with E-state index in [9.17, 15) is 8.42 Å². The number of nitrogens with zero attached hydrogens (tertiary/aromatic N) is 2. The van der Waals surface area contributed by atoms with Crippen LogP contribution in [-0.4, -0.2) is 18.4 Å². The van der Waals surface area contributed by atoms with Gasteiger partial charge in [-0.3, -0.25) is 4.72 Å². The third-order valence-corrected chi connectivity index (χ3v) is 6.29. The molecule has 0 fully saturated rings. The van der Waals surface area contributed by atoms with Gasteiger partial charge in [-0.1, -0.05) is 47.6 Å². The van der Waals surface area contributed by atoms with E-state index in [4.69, 9.17) is 23.2 Å². The van der Waals surface area contributed by atoms with Crippen LogP contribution in [0, 0.1) is 13.8 Å². The average molecular weight is 456 g/mol. The lowest BCUT2D eigenvalue weighted by Gasteiger charge is -2.10. The van der Waals surface area contributed by atoms with Crippen molar-refractivity contribution in [1.29, 1.82) is 0 Å². The van der Waals surface area contributed by atoms with Crippen LogP contribution in [0.5, 0.6) is 0 Å². The molecule has 0 saturated carbocycles. The molecule has 0 aliphatic heterocycles. The van der Waals surface area contributed by atoms with E-state index in [2.05, 4.69) is 21.3 Å². The predicted octanol–water partition coefficient (Wildman–Crippen LogP) is 5.44. The van der Waals surface area contributed by atoms with Crippen LogP contribution in [0.1, 0.15) is 18.3 Å². The number of aromatic nitrogens is 2. The van der Waals surface area contributed by atoms with Gasteiger partial charge in [0.2, 0.25) is 0 Å². The number of hydrogen-bond acceptors (Lipinski definition) is 5. The number of hydrogen-bond donors (Lipinski definition) is 1. The normalized spacial score (nSPS) is 12.8.